The third kappa shape index (κ3) is 4.23. The first kappa shape index (κ1) is 18.2. The number of amides is 1. The molecule has 7 heteroatoms. The van der Waals surface area contributed by atoms with Gasteiger partial charge in [-0.2, -0.15) is 5.10 Å². The summed E-state index contributed by atoms with van der Waals surface area (Å²) in [4.78, 5) is 12.2. The van der Waals surface area contributed by atoms with Crippen molar-refractivity contribution >= 4 is 15.7 Å². The molecule has 0 bridgehead atoms. The second-order valence-corrected chi connectivity index (χ2v) is 8.81. The van der Waals surface area contributed by atoms with Gasteiger partial charge < -0.3 is 5.32 Å². The fourth-order valence-electron chi connectivity index (χ4n) is 2.14. The van der Waals surface area contributed by atoms with Crippen LogP contribution in [-0.2, 0) is 34.1 Å². The van der Waals surface area contributed by atoms with Gasteiger partial charge in [-0.1, -0.05) is 30.3 Å². The quantitative estimate of drug-likeness (QED) is 0.823. The summed E-state index contributed by atoms with van der Waals surface area (Å²) >= 11 is 0. The van der Waals surface area contributed by atoms with Gasteiger partial charge in [-0.15, -0.1) is 0 Å². The van der Waals surface area contributed by atoms with Gasteiger partial charge in [0.2, 0.25) is 5.91 Å². The van der Waals surface area contributed by atoms with E-state index in [-0.39, 0.29) is 6.54 Å². The number of benzene rings is 1. The molecular weight excluding hydrogens is 326 g/mol. The maximum Gasteiger partial charge on any atom is 0.241 e. The van der Waals surface area contributed by atoms with Crippen LogP contribution < -0.4 is 5.32 Å². The second kappa shape index (κ2) is 7.17. The van der Waals surface area contributed by atoms with Crippen molar-refractivity contribution in [2.24, 2.45) is 0 Å². The van der Waals surface area contributed by atoms with E-state index in [1.54, 1.807) is 6.20 Å². The molecule has 0 aliphatic rings. The molecule has 24 heavy (non-hydrogen) atoms. The molecule has 1 N–H and O–H groups in total. The summed E-state index contributed by atoms with van der Waals surface area (Å²) < 4.78 is 23.8. The Morgan fingerprint density at radius 2 is 1.88 bits per heavy atom. The van der Waals surface area contributed by atoms with Crippen LogP contribution in [0.4, 0.5) is 0 Å². The van der Waals surface area contributed by atoms with Crippen LogP contribution in [0, 0.1) is 0 Å². The summed E-state index contributed by atoms with van der Waals surface area (Å²) in [6.07, 6.45) is 3.57. The highest BCUT2D eigenvalue weighted by Gasteiger charge is 2.38. The van der Waals surface area contributed by atoms with Crippen LogP contribution in [0.2, 0.25) is 0 Å². The van der Waals surface area contributed by atoms with Gasteiger partial charge in [0, 0.05) is 19.0 Å². The topological polar surface area (TPSA) is 81.1 Å². The van der Waals surface area contributed by atoms with Gasteiger partial charge in [-0.3, -0.25) is 9.48 Å². The minimum absolute atomic E-state index is 0.243. The van der Waals surface area contributed by atoms with Gasteiger partial charge in [0.15, 0.2) is 9.84 Å². The van der Waals surface area contributed by atoms with Crippen LogP contribution in [0.25, 0.3) is 0 Å². The number of nitrogens with zero attached hydrogens (tertiary/aromatic N) is 2. The van der Waals surface area contributed by atoms with Crippen LogP contribution in [0.1, 0.15) is 25.1 Å². The molecule has 2 aromatic rings. The van der Waals surface area contributed by atoms with Crippen molar-refractivity contribution in [2.45, 2.75) is 38.1 Å². The lowest BCUT2D eigenvalue weighted by Gasteiger charge is -2.21. The fourth-order valence-corrected chi connectivity index (χ4v) is 2.55. The van der Waals surface area contributed by atoms with E-state index in [4.69, 9.17) is 0 Å². The predicted octanol–water partition coefficient (Wildman–Crippen LogP) is 1.57. The van der Waals surface area contributed by atoms with Crippen molar-refractivity contribution in [3.8, 4) is 0 Å². The first-order valence-corrected chi connectivity index (χ1v) is 9.63. The van der Waals surface area contributed by atoms with Gasteiger partial charge in [0.05, 0.1) is 12.2 Å². The molecule has 0 aliphatic carbocycles. The van der Waals surface area contributed by atoms with Crippen LogP contribution in [0.5, 0.6) is 0 Å². The minimum Gasteiger partial charge on any atom is -0.349 e. The van der Waals surface area contributed by atoms with Gasteiger partial charge >= 0.3 is 0 Å². The third-order valence-corrected chi connectivity index (χ3v) is 6.20. The molecule has 1 aromatic carbocycles. The van der Waals surface area contributed by atoms with Crippen molar-refractivity contribution < 1.29 is 13.2 Å². The molecule has 1 aromatic heterocycles. The molecular formula is C17H23N3O3S. The van der Waals surface area contributed by atoms with Crippen LogP contribution in [0.3, 0.4) is 0 Å². The highest BCUT2D eigenvalue weighted by atomic mass is 32.2. The minimum atomic E-state index is -3.48. The van der Waals surface area contributed by atoms with Crippen LogP contribution in [0.15, 0.2) is 42.6 Å². The summed E-state index contributed by atoms with van der Waals surface area (Å²) in [5.74, 6) is -0.513. The Bertz CT molecular complexity index is 795. The van der Waals surface area contributed by atoms with E-state index < -0.39 is 20.5 Å². The number of hydrogen-bond acceptors (Lipinski definition) is 4. The van der Waals surface area contributed by atoms with E-state index in [0.717, 1.165) is 18.4 Å². The molecule has 0 aliphatic heterocycles. The number of carbonyl (C=O) groups is 1. The number of aromatic nitrogens is 2. The lowest BCUT2D eigenvalue weighted by molar-refractivity contribution is -0.123. The average Bonchev–Trinajstić information content (AvgIpc) is 2.98. The Morgan fingerprint density at radius 3 is 2.50 bits per heavy atom. The average molecular weight is 349 g/mol. The largest absolute Gasteiger partial charge is 0.349 e. The van der Waals surface area contributed by atoms with E-state index in [1.165, 1.54) is 19.4 Å². The van der Waals surface area contributed by atoms with Crippen LogP contribution >= 0.6 is 0 Å². The maximum absolute atomic E-state index is 12.2. The molecule has 0 atom stereocenters. The van der Waals surface area contributed by atoms with Gasteiger partial charge in [0.1, 0.15) is 4.75 Å². The Balaban J connectivity index is 1.97. The zero-order valence-electron chi connectivity index (χ0n) is 14.2. The molecule has 0 radical (unpaired) electrons. The normalized spacial score (nSPS) is 12.1. The van der Waals surface area contributed by atoms with Crippen molar-refractivity contribution in [3.05, 3.63) is 53.9 Å². The standard InChI is InChI=1S/C17H23N3O3S/c1-17(2,24(3,22)23)16(21)18-13-15-9-11-19-20(15)12-10-14-7-5-4-6-8-14/h4-9,11H,10,12-13H2,1-3H3,(H,18,21). The van der Waals surface area contributed by atoms with Crippen LogP contribution in [-0.4, -0.2) is 35.1 Å². The Labute approximate surface area is 142 Å². The van der Waals surface area contributed by atoms with E-state index in [2.05, 4.69) is 22.5 Å². The summed E-state index contributed by atoms with van der Waals surface area (Å²) in [5, 5.41) is 6.96. The van der Waals surface area contributed by atoms with Crippen molar-refractivity contribution in [1.82, 2.24) is 15.1 Å². The molecule has 1 heterocycles. The first-order chi connectivity index (χ1) is 11.2. The number of nitrogens with one attached hydrogen (secondary N) is 1. The third-order valence-electron chi connectivity index (χ3n) is 4.16. The number of aryl methyl sites for hydroxylation is 2. The van der Waals surface area contributed by atoms with Crippen molar-refractivity contribution in [1.29, 1.82) is 0 Å². The number of rotatable bonds is 7. The Kier molecular flexibility index (Phi) is 5.43. The molecule has 2 rings (SSSR count). The molecule has 130 valence electrons. The monoisotopic (exact) mass is 349 g/mol. The van der Waals surface area contributed by atoms with E-state index in [0.29, 0.717) is 6.54 Å². The lowest BCUT2D eigenvalue weighted by atomic mass is 10.1. The molecule has 0 fully saturated rings. The smallest absolute Gasteiger partial charge is 0.241 e. The summed E-state index contributed by atoms with van der Waals surface area (Å²) in [7, 11) is -3.48. The Hall–Kier alpha value is -2.15. The number of sulfone groups is 1. The zero-order chi connectivity index (χ0) is 17.8. The zero-order valence-corrected chi connectivity index (χ0v) is 15.0. The number of carbonyl (C=O) groups excluding carboxylic acids is 1. The highest BCUT2D eigenvalue weighted by molar-refractivity contribution is 7.92. The summed E-state index contributed by atoms with van der Waals surface area (Å²) in [6, 6.07) is 11.9. The summed E-state index contributed by atoms with van der Waals surface area (Å²) in [6.45, 7) is 3.75. The Morgan fingerprint density at radius 1 is 1.21 bits per heavy atom. The molecule has 1 amide bonds. The SMILES string of the molecule is CC(C)(C(=O)NCc1ccnn1CCc1ccccc1)S(C)(=O)=O. The molecule has 6 nitrogen and oxygen atoms in total. The van der Waals surface area contributed by atoms with Crippen molar-refractivity contribution in [3.63, 3.8) is 0 Å². The molecule has 0 unspecified atom stereocenters. The first-order valence-electron chi connectivity index (χ1n) is 7.74. The van der Waals surface area contributed by atoms with Gasteiger partial charge in [-0.25, -0.2) is 8.42 Å². The maximum atomic E-state index is 12.2. The molecule has 0 saturated heterocycles. The van der Waals surface area contributed by atoms with E-state index in [1.807, 2.05) is 28.9 Å². The lowest BCUT2D eigenvalue weighted by Crippen LogP contribution is -2.47. The predicted molar refractivity (Wildman–Crippen MR) is 93.1 cm³/mol. The van der Waals surface area contributed by atoms with Gasteiger partial charge in [0.25, 0.3) is 0 Å². The van der Waals surface area contributed by atoms with Gasteiger partial charge in [-0.05, 0) is 31.9 Å². The summed E-state index contributed by atoms with van der Waals surface area (Å²) in [5.41, 5.74) is 2.05. The molecule has 0 saturated carbocycles. The molecule has 0 spiro atoms. The van der Waals surface area contributed by atoms with E-state index in [9.17, 15) is 13.2 Å². The second-order valence-electron chi connectivity index (χ2n) is 6.25. The highest BCUT2D eigenvalue weighted by Crippen LogP contribution is 2.15. The fraction of sp³-hybridized carbons (Fsp3) is 0.412. The van der Waals surface area contributed by atoms with E-state index >= 15 is 0 Å². The number of hydrogen-bond donors (Lipinski definition) is 1. The van der Waals surface area contributed by atoms with Crippen molar-refractivity contribution in [2.75, 3.05) is 6.26 Å².